The highest BCUT2D eigenvalue weighted by Gasteiger charge is 2.53. The van der Waals surface area contributed by atoms with Crippen molar-refractivity contribution >= 4 is 35.6 Å². The van der Waals surface area contributed by atoms with Crippen molar-refractivity contribution in [3.8, 4) is 0 Å². The summed E-state index contributed by atoms with van der Waals surface area (Å²) in [5.41, 5.74) is 1.02. The molecule has 1 aliphatic heterocycles. The number of esters is 4. The van der Waals surface area contributed by atoms with Crippen molar-refractivity contribution in [1.82, 2.24) is 0 Å². The predicted octanol–water partition coefficient (Wildman–Crippen LogP) is 7.35. The van der Waals surface area contributed by atoms with Crippen LogP contribution in [0.25, 0.3) is 0 Å². The van der Waals surface area contributed by atoms with E-state index in [0.29, 0.717) is 5.56 Å². The van der Waals surface area contributed by atoms with E-state index < -0.39 is 53.7 Å². The van der Waals surface area contributed by atoms with Crippen LogP contribution in [0.2, 0.25) is 0 Å². The smallest absolute Gasteiger partial charge is 0.338 e. The van der Waals surface area contributed by atoms with Crippen LogP contribution in [0.15, 0.2) is 150 Å². The zero-order valence-electron chi connectivity index (χ0n) is 27.5. The minimum Gasteiger partial charge on any atom is -0.459 e. The molecule has 1 saturated heterocycles. The number of ether oxygens (including phenoxy) is 5. The third-order valence-electron chi connectivity index (χ3n) is 8.01. The molecule has 0 bridgehead atoms. The summed E-state index contributed by atoms with van der Waals surface area (Å²) in [7, 11) is 0. The molecule has 0 N–H and O–H groups in total. The maximum Gasteiger partial charge on any atom is 0.338 e. The van der Waals surface area contributed by atoms with Gasteiger partial charge in [0.25, 0.3) is 0 Å². The normalized spacial score (nSPS) is 19.7. The number of carbonyl (C=O) groups is 4. The molecular weight excluding hydrogens is 669 g/mol. The van der Waals surface area contributed by atoms with Crippen LogP contribution in [0.1, 0.15) is 47.0 Å². The van der Waals surface area contributed by atoms with Crippen LogP contribution in [0.4, 0.5) is 0 Å². The summed E-state index contributed by atoms with van der Waals surface area (Å²) in [6, 6.07) is 40.9. The van der Waals surface area contributed by atoms with Crippen molar-refractivity contribution in [3.63, 3.8) is 0 Å². The highest BCUT2D eigenvalue weighted by atomic mass is 32.2. The van der Waals surface area contributed by atoms with Crippen LogP contribution >= 0.6 is 11.8 Å². The number of aryl methyl sites for hydroxylation is 1. The van der Waals surface area contributed by atoms with Crippen molar-refractivity contribution in [3.05, 3.63) is 173 Å². The lowest BCUT2D eigenvalue weighted by Crippen LogP contribution is -2.61. The van der Waals surface area contributed by atoms with Gasteiger partial charge in [-0.05, 0) is 67.6 Å². The van der Waals surface area contributed by atoms with E-state index in [-0.39, 0.29) is 23.3 Å². The fraction of sp³-hybridized carbons (Fsp3) is 0.171. The van der Waals surface area contributed by atoms with Gasteiger partial charge in [-0.1, -0.05) is 102 Å². The molecule has 1 aliphatic rings. The highest BCUT2D eigenvalue weighted by Crippen LogP contribution is 2.38. The van der Waals surface area contributed by atoms with E-state index in [0.717, 1.165) is 10.5 Å². The van der Waals surface area contributed by atoms with E-state index in [2.05, 4.69) is 0 Å². The first-order chi connectivity index (χ1) is 24.9. The summed E-state index contributed by atoms with van der Waals surface area (Å²) in [5, 5.41) is 0. The van der Waals surface area contributed by atoms with Crippen molar-refractivity contribution < 1.29 is 42.9 Å². The molecule has 258 valence electrons. The Balaban J connectivity index is 1.41. The molecular formula is C41H34O9S. The Kier molecular flexibility index (Phi) is 11.6. The molecule has 1 heterocycles. The molecule has 1 fully saturated rings. The molecule has 5 aromatic carbocycles. The third kappa shape index (κ3) is 9.10. The van der Waals surface area contributed by atoms with Crippen LogP contribution in [0, 0.1) is 6.92 Å². The number of thioether (sulfide) groups is 1. The van der Waals surface area contributed by atoms with Gasteiger partial charge in [0.15, 0.2) is 18.3 Å². The van der Waals surface area contributed by atoms with E-state index in [1.54, 1.807) is 121 Å². The van der Waals surface area contributed by atoms with Gasteiger partial charge in [0.2, 0.25) is 0 Å². The number of carbonyl (C=O) groups excluding carboxylic acids is 4. The van der Waals surface area contributed by atoms with Crippen LogP contribution < -0.4 is 0 Å². The molecule has 9 nitrogen and oxygen atoms in total. The molecule has 51 heavy (non-hydrogen) atoms. The summed E-state index contributed by atoms with van der Waals surface area (Å²) in [4.78, 5) is 54.9. The lowest BCUT2D eigenvalue weighted by Gasteiger charge is -2.44. The SMILES string of the molecule is Cc1ccc(S[C@@H]2O[C@H](COC(=O)c3ccccc3)[C@@H](OC(=O)c3ccccc3)[C@H](OC(=O)c3ccccc3)[C@H]2OC(=O)c2ccccc2)cc1. The Hall–Kier alpha value is -5.71. The molecule has 0 unspecified atom stereocenters. The topological polar surface area (TPSA) is 114 Å². The molecule has 5 atom stereocenters. The Labute approximate surface area is 299 Å². The quantitative estimate of drug-likeness (QED) is 0.102. The zero-order chi connectivity index (χ0) is 35.6. The number of hydrogen-bond donors (Lipinski definition) is 0. The van der Waals surface area contributed by atoms with Crippen LogP contribution in [-0.4, -0.2) is 60.3 Å². The van der Waals surface area contributed by atoms with E-state index in [1.165, 1.54) is 11.8 Å². The minimum absolute atomic E-state index is 0.222. The van der Waals surface area contributed by atoms with Gasteiger partial charge in [-0.25, -0.2) is 19.2 Å². The average Bonchev–Trinajstić information content (AvgIpc) is 3.18. The van der Waals surface area contributed by atoms with E-state index in [1.807, 2.05) is 31.2 Å². The lowest BCUT2D eigenvalue weighted by molar-refractivity contribution is -0.207. The maximum absolute atomic E-state index is 13.7. The monoisotopic (exact) mass is 702 g/mol. The van der Waals surface area contributed by atoms with E-state index in [9.17, 15) is 19.2 Å². The largest absolute Gasteiger partial charge is 0.459 e. The van der Waals surface area contributed by atoms with Crippen LogP contribution in [-0.2, 0) is 23.7 Å². The van der Waals surface area contributed by atoms with Crippen LogP contribution in [0.3, 0.4) is 0 Å². The second-order valence-corrected chi connectivity index (χ2v) is 12.8. The summed E-state index contributed by atoms with van der Waals surface area (Å²) >= 11 is 1.23. The van der Waals surface area contributed by atoms with Gasteiger partial charge >= 0.3 is 23.9 Å². The number of benzene rings is 5. The van der Waals surface area contributed by atoms with Gasteiger partial charge in [0, 0.05) is 4.90 Å². The summed E-state index contributed by atoms with van der Waals surface area (Å²) in [6.45, 7) is 1.57. The standard InChI is InChI=1S/C41H34O9S/c1-27-22-24-32(25-23-27)51-41-36(50-40(45)31-20-12-5-13-21-31)35(49-39(44)30-18-10-4-11-19-30)34(48-38(43)29-16-8-3-9-17-29)33(47-41)26-46-37(42)28-14-6-2-7-15-28/h2-25,33-36,41H,26H2,1H3/t33-,34-,35+,36-,41+/m1/s1. The fourth-order valence-corrected chi connectivity index (χ4v) is 6.48. The van der Waals surface area contributed by atoms with Gasteiger partial charge in [-0.2, -0.15) is 0 Å². The number of hydrogen-bond acceptors (Lipinski definition) is 10. The Bertz CT molecular complexity index is 1920. The number of rotatable bonds is 11. The molecule has 5 aromatic rings. The Morgan fingerprint density at radius 3 is 1.35 bits per heavy atom. The van der Waals surface area contributed by atoms with E-state index >= 15 is 0 Å². The average molecular weight is 703 g/mol. The molecule has 0 spiro atoms. The van der Waals surface area contributed by atoms with Gasteiger partial charge in [0.1, 0.15) is 18.1 Å². The first-order valence-corrected chi connectivity index (χ1v) is 17.1. The minimum atomic E-state index is -1.41. The van der Waals surface area contributed by atoms with Gasteiger partial charge in [0.05, 0.1) is 22.3 Å². The Morgan fingerprint density at radius 1 is 0.510 bits per heavy atom. The first kappa shape index (κ1) is 35.1. The maximum atomic E-state index is 13.7. The molecule has 0 aliphatic carbocycles. The molecule has 10 heteroatoms. The molecule has 0 aromatic heterocycles. The lowest BCUT2D eigenvalue weighted by atomic mass is 9.98. The predicted molar refractivity (Wildman–Crippen MR) is 189 cm³/mol. The molecule has 6 rings (SSSR count). The fourth-order valence-electron chi connectivity index (χ4n) is 5.37. The second kappa shape index (κ2) is 16.8. The van der Waals surface area contributed by atoms with Gasteiger partial charge < -0.3 is 23.7 Å². The van der Waals surface area contributed by atoms with Crippen molar-refractivity contribution in [1.29, 1.82) is 0 Å². The molecule has 0 radical (unpaired) electrons. The van der Waals surface area contributed by atoms with Crippen molar-refractivity contribution in [2.45, 2.75) is 41.7 Å². The van der Waals surface area contributed by atoms with E-state index in [4.69, 9.17) is 23.7 Å². The zero-order valence-corrected chi connectivity index (χ0v) is 28.3. The third-order valence-corrected chi connectivity index (χ3v) is 9.17. The highest BCUT2D eigenvalue weighted by molar-refractivity contribution is 7.99. The summed E-state index contributed by atoms with van der Waals surface area (Å²) in [6.07, 6.45) is -5.26. The summed E-state index contributed by atoms with van der Waals surface area (Å²) < 4.78 is 30.6. The van der Waals surface area contributed by atoms with Gasteiger partial charge in [-0.3, -0.25) is 0 Å². The van der Waals surface area contributed by atoms with Crippen molar-refractivity contribution in [2.75, 3.05) is 6.61 Å². The van der Waals surface area contributed by atoms with Crippen molar-refractivity contribution in [2.24, 2.45) is 0 Å². The molecule has 0 amide bonds. The van der Waals surface area contributed by atoms with Gasteiger partial charge in [-0.15, -0.1) is 0 Å². The van der Waals surface area contributed by atoms with Crippen LogP contribution in [0.5, 0.6) is 0 Å². The first-order valence-electron chi connectivity index (χ1n) is 16.2. The second-order valence-electron chi connectivity index (χ2n) is 11.6. The molecule has 0 saturated carbocycles. The Morgan fingerprint density at radius 2 is 0.902 bits per heavy atom. The summed E-state index contributed by atoms with van der Waals surface area (Å²) in [5.74, 6) is -2.84.